The van der Waals surface area contributed by atoms with Crippen molar-refractivity contribution in [2.45, 2.75) is 46.1 Å². The highest BCUT2D eigenvalue weighted by molar-refractivity contribution is 14.1. The Hall–Kier alpha value is -6.47. The molecule has 0 unspecified atom stereocenters. The van der Waals surface area contributed by atoms with Crippen molar-refractivity contribution in [3.63, 3.8) is 0 Å². The van der Waals surface area contributed by atoms with Crippen LogP contribution < -0.4 is 20.5 Å². The number of carbonyl (C=O) groups excluding carboxylic acids is 3. The fourth-order valence-electron chi connectivity index (χ4n) is 5.52. The summed E-state index contributed by atoms with van der Waals surface area (Å²) in [6.45, 7) is 6.66. The monoisotopic (exact) mass is 937 g/mol. The van der Waals surface area contributed by atoms with Crippen molar-refractivity contribution in [2.75, 3.05) is 29.2 Å². The van der Waals surface area contributed by atoms with E-state index in [1.807, 2.05) is 177 Å². The molecule has 11 heteroatoms. The van der Waals surface area contributed by atoms with E-state index < -0.39 is 11.6 Å². The molecule has 318 valence electrons. The zero-order chi connectivity index (χ0) is 45.3. The molecule has 6 aromatic rings. The number of hydrogen-bond acceptors (Lipinski definition) is 8. The molecule has 0 radical (unpaired) electrons. The second-order valence-electron chi connectivity index (χ2n) is 14.3. The van der Waals surface area contributed by atoms with Gasteiger partial charge in [-0.15, -0.1) is 0 Å². The highest BCUT2D eigenvalue weighted by atomic mass is 127. The summed E-state index contributed by atoms with van der Waals surface area (Å²) in [7, 11) is 0. The fourth-order valence-corrected chi connectivity index (χ4v) is 5.52. The van der Waals surface area contributed by atoms with Gasteiger partial charge in [-0.1, -0.05) is 144 Å². The van der Waals surface area contributed by atoms with Crippen LogP contribution in [0.15, 0.2) is 158 Å². The number of nitrogens with one attached hydrogen (secondary N) is 1. The molecule has 10 nitrogen and oxygen atoms in total. The Morgan fingerprint density at radius 3 is 1.51 bits per heavy atom. The summed E-state index contributed by atoms with van der Waals surface area (Å²) < 4.78 is 22.0. The van der Waals surface area contributed by atoms with Crippen molar-refractivity contribution in [3.05, 3.63) is 169 Å². The van der Waals surface area contributed by atoms with Gasteiger partial charge in [-0.2, -0.15) is 0 Å². The second-order valence-corrected chi connectivity index (χ2v) is 14.3. The molecule has 0 bridgehead atoms. The lowest BCUT2D eigenvalue weighted by molar-refractivity contribution is -0.154. The van der Waals surface area contributed by atoms with Crippen LogP contribution in [0.1, 0.15) is 40.2 Å². The molecule has 0 aliphatic carbocycles. The van der Waals surface area contributed by atoms with E-state index in [-0.39, 0.29) is 43.7 Å². The number of alkyl halides is 1. The first-order chi connectivity index (χ1) is 29.7. The number of ketones is 1. The maximum absolute atomic E-state index is 12.2. The van der Waals surface area contributed by atoms with Gasteiger partial charge in [-0.25, -0.2) is 4.79 Å². The number of rotatable bonds is 13. The topological polar surface area (TPSA) is 154 Å². The third kappa shape index (κ3) is 19.0. The Balaban J connectivity index is 0.000000253. The van der Waals surface area contributed by atoms with Gasteiger partial charge in [0.25, 0.3) is 5.91 Å². The van der Waals surface area contributed by atoms with E-state index in [9.17, 15) is 19.2 Å². The SMILES string of the molecule is CC(=O)Cc1ccccc1NC(=O)COc1ccc(-c2ccccc2)cc1.CC(C)(C)OC(=O)Cc1ccccc1N.O=C(O)COc1ccc(-c2ccccc2)cc1.[2H]CI. The van der Waals surface area contributed by atoms with Gasteiger partial charge in [0.2, 0.25) is 0 Å². The Morgan fingerprint density at radius 2 is 1.05 bits per heavy atom. The van der Waals surface area contributed by atoms with Gasteiger partial charge in [0.15, 0.2) is 13.2 Å². The summed E-state index contributed by atoms with van der Waals surface area (Å²) >= 11 is 1.96. The standard InChI is InChI=1S/C23H21NO3.C14H12O3.C12H17NO2.CH3I/c1-17(25)15-20-9-5-6-10-22(20)24-23(26)16-27-21-13-11-19(12-14-21)18-7-3-2-4-8-18;15-14(16)10-17-13-8-6-12(7-9-13)11-4-2-1-3-5-11;1-12(2,3)15-11(14)8-9-6-4-5-7-10(9)13;1-2/h2-14H,15-16H2,1H3,(H,24,26);1-9H,10H2,(H,15,16);4-7H,8,13H2,1-3H3;1H3/i;;;1D. The minimum atomic E-state index is -0.975. The maximum Gasteiger partial charge on any atom is 0.341 e. The number of nitrogens with two attached hydrogens (primary N) is 1. The number of Topliss-reactive ketones (excluding diaryl/α,β-unsaturated/α-hetero) is 1. The molecule has 61 heavy (non-hydrogen) atoms. The van der Waals surface area contributed by atoms with Crippen LogP contribution in [0.3, 0.4) is 0 Å². The van der Waals surface area contributed by atoms with Gasteiger partial charge < -0.3 is 30.4 Å². The second kappa shape index (κ2) is 25.9. The Kier molecular flexibility index (Phi) is 20.0. The van der Waals surface area contributed by atoms with E-state index in [1.54, 1.807) is 24.3 Å². The van der Waals surface area contributed by atoms with Crippen LogP contribution in [0.5, 0.6) is 11.5 Å². The molecule has 0 heterocycles. The molecule has 0 saturated carbocycles. The van der Waals surface area contributed by atoms with Crippen LogP contribution in [0.2, 0.25) is 0 Å². The van der Waals surface area contributed by atoms with Gasteiger partial charge in [0.1, 0.15) is 22.9 Å². The van der Waals surface area contributed by atoms with E-state index >= 15 is 0 Å². The van der Waals surface area contributed by atoms with Crippen molar-refractivity contribution in [3.8, 4) is 33.8 Å². The van der Waals surface area contributed by atoms with Crippen LogP contribution in [0.4, 0.5) is 11.4 Å². The Bertz CT molecular complexity index is 2280. The number of carboxylic acid groups (broad SMARTS) is 1. The summed E-state index contributed by atoms with van der Waals surface area (Å²) in [4.78, 5) is 45.9. The summed E-state index contributed by atoms with van der Waals surface area (Å²) in [5.74, 6) is -0.254. The molecule has 4 N–H and O–H groups in total. The molecule has 0 aliphatic heterocycles. The first kappa shape index (κ1) is 47.2. The molecule has 6 rings (SSSR count). The van der Waals surface area contributed by atoms with Crippen LogP contribution >= 0.6 is 22.6 Å². The van der Waals surface area contributed by atoms with E-state index in [0.29, 0.717) is 27.8 Å². The lowest BCUT2D eigenvalue weighted by Crippen LogP contribution is -2.25. The third-order valence-electron chi connectivity index (χ3n) is 8.20. The van der Waals surface area contributed by atoms with Crippen LogP contribution in [-0.4, -0.2) is 52.5 Å². The van der Waals surface area contributed by atoms with E-state index in [4.69, 9.17) is 26.4 Å². The zero-order valence-electron chi connectivity index (χ0n) is 35.8. The molecule has 0 atom stereocenters. The van der Waals surface area contributed by atoms with E-state index in [1.165, 1.54) is 6.92 Å². The van der Waals surface area contributed by atoms with Gasteiger partial charge in [0, 0.05) is 19.2 Å². The number of anilines is 2. The molecular weight excluding hydrogens is 883 g/mol. The largest absolute Gasteiger partial charge is 0.484 e. The quantitative estimate of drug-likeness (QED) is 0.0444. The summed E-state index contributed by atoms with van der Waals surface area (Å²) in [6.07, 6.45) is 0.516. The molecular formula is C50H53IN2O8. The number of nitrogen functional groups attached to an aromatic ring is 1. The molecule has 6 aromatic carbocycles. The first-order valence-electron chi connectivity index (χ1n) is 19.9. The summed E-state index contributed by atoms with van der Waals surface area (Å²) in [5.41, 5.74) is 12.6. The molecule has 0 spiro atoms. The van der Waals surface area contributed by atoms with Crippen molar-refractivity contribution in [1.29, 1.82) is 0 Å². The number of halogens is 1. The smallest absolute Gasteiger partial charge is 0.341 e. The number of para-hydroxylation sites is 2. The number of benzene rings is 6. The zero-order valence-corrected chi connectivity index (χ0v) is 37.0. The van der Waals surface area contributed by atoms with Crippen molar-refractivity contribution < 1.29 is 39.9 Å². The van der Waals surface area contributed by atoms with Crippen LogP contribution in [-0.2, 0) is 36.8 Å². The number of carboxylic acids is 1. The van der Waals surface area contributed by atoms with Crippen LogP contribution in [0, 0.1) is 0 Å². The lowest BCUT2D eigenvalue weighted by Gasteiger charge is -2.19. The van der Waals surface area contributed by atoms with Crippen molar-refractivity contribution >= 4 is 57.6 Å². The van der Waals surface area contributed by atoms with Gasteiger partial charge in [-0.3, -0.25) is 14.4 Å². The molecule has 0 aliphatic rings. The van der Waals surface area contributed by atoms with E-state index in [2.05, 4.69) is 5.32 Å². The molecule has 0 aromatic heterocycles. The molecule has 0 fully saturated rings. The molecule has 1 amide bonds. The van der Waals surface area contributed by atoms with E-state index in [0.717, 1.165) is 33.4 Å². The Labute approximate surface area is 373 Å². The molecule has 0 saturated heterocycles. The third-order valence-corrected chi connectivity index (χ3v) is 8.20. The highest BCUT2D eigenvalue weighted by Gasteiger charge is 2.17. The Morgan fingerprint density at radius 1 is 0.623 bits per heavy atom. The lowest BCUT2D eigenvalue weighted by atomic mass is 10.1. The predicted molar refractivity (Wildman–Crippen MR) is 252 cm³/mol. The number of ether oxygens (including phenoxy) is 3. The van der Waals surface area contributed by atoms with Crippen molar-refractivity contribution in [2.24, 2.45) is 0 Å². The predicted octanol–water partition coefficient (Wildman–Crippen LogP) is 10.5. The normalized spacial score (nSPS) is 10.3. The summed E-state index contributed by atoms with van der Waals surface area (Å²) in [6, 6.07) is 49.6. The summed E-state index contributed by atoms with van der Waals surface area (Å²) in [5, 5.41) is 11.3. The highest BCUT2D eigenvalue weighted by Crippen LogP contribution is 2.24. The van der Waals surface area contributed by atoms with Gasteiger partial charge in [-0.05, 0) is 102 Å². The van der Waals surface area contributed by atoms with Gasteiger partial charge in [0.05, 0.1) is 6.42 Å². The fraction of sp³-hybridized carbons (Fsp3) is 0.200. The van der Waals surface area contributed by atoms with Crippen molar-refractivity contribution in [1.82, 2.24) is 0 Å². The maximum atomic E-state index is 12.2. The number of hydrogen-bond donors (Lipinski definition) is 3. The first-order valence-corrected chi connectivity index (χ1v) is 20.8. The average Bonchev–Trinajstić information content (AvgIpc) is 3.25. The minimum absolute atomic E-state index is 0.0476. The van der Waals surface area contributed by atoms with Gasteiger partial charge >= 0.3 is 11.9 Å². The number of esters is 1. The number of carbonyl (C=O) groups is 4. The average molecular weight is 938 g/mol. The van der Waals surface area contributed by atoms with Crippen LogP contribution in [0.25, 0.3) is 22.3 Å². The minimum Gasteiger partial charge on any atom is -0.484 e. The number of aliphatic carboxylic acids is 1. The number of amides is 1.